The van der Waals surface area contributed by atoms with Gasteiger partial charge in [0.2, 0.25) is 0 Å². The second-order valence-electron chi connectivity index (χ2n) is 5.62. The topological polar surface area (TPSA) is 129 Å². The molecule has 3 N–H and O–H groups in total. The van der Waals surface area contributed by atoms with E-state index in [0.717, 1.165) is 4.68 Å². The summed E-state index contributed by atoms with van der Waals surface area (Å²) in [7, 11) is 1.43. The van der Waals surface area contributed by atoms with Crippen LogP contribution in [0.4, 0.5) is 0 Å². The zero-order valence-corrected chi connectivity index (χ0v) is 16.2. The van der Waals surface area contributed by atoms with Crippen LogP contribution in [0.3, 0.4) is 0 Å². The zero-order chi connectivity index (χ0) is 20.3. The minimum absolute atomic E-state index is 0.297. The Bertz CT molecular complexity index is 1200. The number of methoxy groups -OCH3 is 1. The molecule has 0 atom stereocenters. The number of aromatic amines is 1. The minimum atomic E-state index is -0.663. The third-order valence-electron chi connectivity index (χ3n) is 3.75. The number of H-pyrrole nitrogens is 1. The summed E-state index contributed by atoms with van der Waals surface area (Å²) < 4.78 is 11.8. The number of benzene rings is 2. The number of carbonyl (C=O) groups is 1. The van der Waals surface area contributed by atoms with Crippen LogP contribution < -0.4 is 26.5 Å². The highest BCUT2D eigenvalue weighted by Gasteiger charge is 2.11. The summed E-state index contributed by atoms with van der Waals surface area (Å²) in [6, 6.07) is 9.79. The fourth-order valence-electron chi connectivity index (χ4n) is 2.45. The fraction of sp³-hybridized carbons (Fsp3) is 0.111. The number of nitrogens with two attached hydrogens (primary N) is 1. The van der Waals surface area contributed by atoms with Gasteiger partial charge in [-0.25, -0.2) is 4.79 Å². The SMILES string of the molecule is COc1cc(C=Nn2c(=O)[nH]c3ccccc3c2=O)c(Br)cc1OCC(N)=O. The van der Waals surface area contributed by atoms with Crippen molar-refractivity contribution in [2.45, 2.75) is 0 Å². The van der Waals surface area contributed by atoms with Crippen LogP contribution in [0.2, 0.25) is 0 Å². The Morgan fingerprint density at radius 1 is 1.29 bits per heavy atom. The second kappa shape index (κ2) is 8.09. The van der Waals surface area contributed by atoms with Crippen LogP contribution in [-0.2, 0) is 4.79 Å². The van der Waals surface area contributed by atoms with Gasteiger partial charge in [-0.3, -0.25) is 9.59 Å². The van der Waals surface area contributed by atoms with E-state index in [-0.39, 0.29) is 6.61 Å². The van der Waals surface area contributed by atoms with E-state index >= 15 is 0 Å². The maximum absolute atomic E-state index is 12.5. The molecule has 1 heterocycles. The van der Waals surface area contributed by atoms with E-state index in [9.17, 15) is 14.4 Å². The molecule has 0 bridgehead atoms. The Labute approximate surface area is 166 Å². The van der Waals surface area contributed by atoms with Gasteiger partial charge >= 0.3 is 5.69 Å². The van der Waals surface area contributed by atoms with E-state index in [2.05, 4.69) is 26.0 Å². The summed E-state index contributed by atoms with van der Waals surface area (Å²) >= 11 is 3.35. The zero-order valence-electron chi connectivity index (χ0n) is 14.6. The van der Waals surface area contributed by atoms with E-state index in [1.807, 2.05) is 0 Å². The molecular weight excluding hydrogens is 432 g/mol. The van der Waals surface area contributed by atoms with Crippen molar-refractivity contribution in [3.05, 3.63) is 67.3 Å². The summed E-state index contributed by atoms with van der Waals surface area (Å²) in [5.74, 6) is -0.00423. The van der Waals surface area contributed by atoms with Gasteiger partial charge in [0.25, 0.3) is 11.5 Å². The van der Waals surface area contributed by atoms with Gasteiger partial charge in [0, 0.05) is 10.0 Å². The Morgan fingerprint density at radius 2 is 2.04 bits per heavy atom. The lowest BCUT2D eigenvalue weighted by atomic mass is 10.2. The van der Waals surface area contributed by atoms with E-state index in [4.69, 9.17) is 15.2 Å². The highest BCUT2D eigenvalue weighted by atomic mass is 79.9. The Morgan fingerprint density at radius 3 is 2.75 bits per heavy atom. The first-order valence-corrected chi connectivity index (χ1v) is 8.77. The average Bonchev–Trinajstić information content (AvgIpc) is 2.67. The second-order valence-corrected chi connectivity index (χ2v) is 6.47. The minimum Gasteiger partial charge on any atom is -0.493 e. The van der Waals surface area contributed by atoms with E-state index < -0.39 is 17.2 Å². The van der Waals surface area contributed by atoms with Crippen molar-refractivity contribution in [3.63, 3.8) is 0 Å². The van der Waals surface area contributed by atoms with Crippen LogP contribution in [0.1, 0.15) is 5.56 Å². The molecule has 3 aromatic rings. The average molecular weight is 447 g/mol. The van der Waals surface area contributed by atoms with Gasteiger partial charge in [0.1, 0.15) is 0 Å². The first kappa shape index (κ1) is 19.4. The lowest BCUT2D eigenvalue weighted by Crippen LogP contribution is -2.32. The number of fused-ring (bicyclic) bond motifs is 1. The van der Waals surface area contributed by atoms with Crippen LogP contribution in [0, 0.1) is 0 Å². The van der Waals surface area contributed by atoms with Crippen molar-refractivity contribution in [2.24, 2.45) is 10.8 Å². The quantitative estimate of drug-likeness (QED) is 0.549. The van der Waals surface area contributed by atoms with Crippen molar-refractivity contribution >= 4 is 39.0 Å². The number of carbonyl (C=O) groups excluding carboxylic acids is 1. The number of hydrogen-bond donors (Lipinski definition) is 2. The van der Waals surface area contributed by atoms with Gasteiger partial charge < -0.3 is 20.2 Å². The molecule has 1 amide bonds. The van der Waals surface area contributed by atoms with Crippen molar-refractivity contribution in [3.8, 4) is 11.5 Å². The van der Waals surface area contributed by atoms with E-state index in [1.165, 1.54) is 13.3 Å². The number of para-hydroxylation sites is 1. The normalized spacial score (nSPS) is 11.1. The number of hydrogen-bond acceptors (Lipinski definition) is 6. The van der Waals surface area contributed by atoms with Gasteiger partial charge in [0.15, 0.2) is 18.1 Å². The number of rotatable bonds is 6. The Balaban J connectivity index is 2.01. The first-order chi connectivity index (χ1) is 13.4. The molecule has 28 heavy (non-hydrogen) atoms. The number of halogens is 1. The summed E-state index contributed by atoms with van der Waals surface area (Å²) in [6.45, 7) is -0.307. The molecular formula is C18H15BrN4O5. The number of nitrogens with zero attached hydrogens (tertiary/aromatic N) is 2. The maximum atomic E-state index is 12.5. The molecule has 0 radical (unpaired) electrons. The summed E-state index contributed by atoms with van der Waals surface area (Å²) in [6.07, 6.45) is 1.33. The summed E-state index contributed by atoms with van der Waals surface area (Å²) in [4.78, 5) is 38.2. The predicted octanol–water partition coefficient (Wildman–Crippen LogP) is 1.21. The Hall–Kier alpha value is -3.40. The van der Waals surface area contributed by atoms with Crippen LogP contribution in [0.25, 0.3) is 10.9 Å². The number of amides is 1. The molecule has 0 aliphatic heterocycles. The third kappa shape index (κ3) is 3.96. The molecule has 3 rings (SSSR count). The molecule has 0 aliphatic rings. The van der Waals surface area contributed by atoms with Gasteiger partial charge in [-0.2, -0.15) is 5.10 Å². The van der Waals surface area contributed by atoms with Crippen LogP contribution in [0.5, 0.6) is 11.5 Å². The Kier molecular flexibility index (Phi) is 5.59. The number of primary amides is 1. The summed E-state index contributed by atoms with van der Waals surface area (Å²) in [5, 5.41) is 4.34. The predicted molar refractivity (Wildman–Crippen MR) is 107 cm³/mol. The molecule has 1 aromatic heterocycles. The number of ether oxygens (including phenoxy) is 2. The highest BCUT2D eigenvalue weighted by molar-refractivity contribution is 9.10. The number of aromatic nitrogens is 2. The molecule has 0 unspecified atom stereocenters. The van der Waals surface area contributed by atoms with Gasteiger partial charge in [-0.05, 0) is 40.2 Å². The fourth-order valence-corrected chi connectivity index (χ4v) is 2.87. The molecule has 2 aromatic carbocycles. The molecule has 9 nitrogen and oxygen atoms in total. The van der Waals surface area contributed by atoms with Gasteiger partial charge in [0.05, 0.1) is 24.2 Å². The van der Waals surface area contributed by atoms with Crippen molar-refractivity contribution in [1.29, 1.82) is 0 Å². The highest BCUT2D eigenvalue weighted by Crippen LogP contribution is 2.32. The van der Waals surface area contributed by atoms with Crippen LogP contribution >= 0.6 is 15.9 Å². The van der Waals surface area contributed by atoms with Crippen LogP contribution in [0.15, 0.2) is 55.6 Å². The van der Waals surface area contributed by atoms with Crippen LogP contribution in [-0.4, -0.2) is 35.5 Å². The monoisotopic (exact) mass is 446 g/mol. The molecule has 144 valence electrons. The van der Waals surface area contributed by atoms with Crippen molar-refractivity contribution in [1.82, 2.24) is 9.66 Å². The van der Waals surface area contributed by atoms with Gasteiger partial charge in [-0.1, -0.05) is 12.1 Å². The molecule has 0 fully saturated rings. The van der Waals surface area contributed by atoms with E-state index in [1.54, 1.807) is 36.4 Å². The maximum Gasteiger partial charge on any atom is 0.349 e. The molecule has 0 spiro atoms. The smallest absolute Gasteiger partial charge is 0.349 e. The third-order valence-corrected chi connectivity index (χ3v) is 4.44. The number of nitrogens with one attached hydrogen (secondary N) is 1. The van der Waals surface area contributed by atoms with E-state index in [0.29, 0.717) is 32.4 Å². The molecule has 0 saturated heterocycles. The van der Waals surface area contributed by atoms with Crippen molar-refractivity contribution < 1.29 is 14.3 Å². The molecule has 10 heteroatoms. The van der Waals surface area contributed by atoms with Crippen molar-refractivity contribution in [2.75, 3.05) is 13.7 Å². The standard InChI is InChI=1S/C18H15BrN4O5/c1-27-14-6-10(12(19)7-15(14)28-9-16(20)24)8-21-23-17(25)11-4-2-3-5-13(11)22-18(23)26/h2-8H,9H2,1H3,(H2,20,24)(H,22,26). The van der Waals surface area contributed by atoms with Gasteiger partial charge in [-0.15, -0.1) is 4.68 Å². The molecule has 0 saturated carbocycles. The first-order valence-electron chi connectivity index (χ1n) is 7.97. The lowest BCUT2D eigenvalue weighted by Gasteiger charge is -2.11. The molecule has 0 aliphatic carbocycles. The lowest BCUT2D eigenvalue weighted by molar-refractivity contribution is -0.119. The summed E-state index contributed by atoms with van der Waals surface area (Å²) in [5.41, 5.74) is 4.82. The largest absolute Gasteiger partial charge is 0.493 e.